The predicted octanol–water partition coefficient (Wildman–Crippen LogP) is 2.52. The van der Waals surface area contributed by atoms with E-state index < -0.39 is 0 Å². The van der Waals surface area contributed by atoms with Crippen molar-refractivity contribution in [3.05, 3.63) is 35.6 Å². The molecule has 0 heterocycles. The van der Waals surface area contributed by atoms with Gasteiger partial charge in [-0.05, 0) is 44.4 Å². The van der Waals surface area contributed by atoms with Crippen molar-refractivity contribution in [3.63, 3.8) is 0 Å². The Bertz CT molecular complexity index is 393. The van der Waals surface area contributed by atoms with Crippen LogP contribution in [-0.2, 0) is 4.79 Å². The number of hydrogen-bond donors (Lipinski definition) is 2. The van der Waals surface area contributed by atoms with Gasteiger partial charge in [0, 0.05) is 12.5 Å². The highest BCUT2D eigenvalue weighted by atomic mass is 19.1. The standard InChI is InChI=1S/C14H21FN2O/c1-10(16)5-3-8-14(18)17-11(2)12-6-4-7-13(15)9-12/h4,6-7,9-11H,3,5,8,16H2,1-2H3,(H,17,18)/t10?,11-/m1/s1. The molecule has 1 aromatic rings. The molecule has 1 unspecified atom stereocenters. The van der Waals surface area contributed by atoms with Gasteiger partial charge in [0.05, 0.1) is 6.04 Å². The van der Waals surface area contributed by atoms with Crippen LogP contribution in [0.2, 0.25) is 0 Å². The van der Waals surface area contributed by atoms with Gasteiger partial charge in [-0.2, -0.15) is 0 Å². The molecule has 1 rings (SSSR count). The number of benzene rings is 1. The summed E-state index contributed by atoms with van der Waals surface area (Å²) in [5.41, 5.74) is 6.39. The third-order valence-corrected chi connectivity index (χ3v) is 2.79. The predicted molar refractivity (Wildman–Crippen MR) is 70.5 cm³/mol. The summed E-state index contributed by atoms with van der Waals surface area (Å²) in [5, 5.41) is 2.85. The minimum atomic E-state index is -0.287. The Kier molecular flexibility index (Phi) is 5.78. The largest absolute Gasteiger partial charge is 0.350 e. The van der Waals surface area contributed by atoms with E-state index in [1.807, 2.05) is 13.8 Å². The van der Waals surface area contributed by atoms with Crippen LogP contribution in [0, 0.1) is 5.82 Å². The Morgan fingerprint density at radius 2 is 2.17 bits per heavy atom. The van der Waals surface area contributed by atoms with Crippen LogP contribution in [0.4, 0.5) is 4.39 Å². The maximum absolute atomic E-state index is 13.0. The zero-order valence-electron chi connectivity index (χ0n) is 10.9. The summed E-state index contributed by atoms with van der Waals surface area (Å²) < 4.78 is 13.0. The number of hydrogen-bond acceptors (Lipinski definition) is 2. The minimum Gasteiger partial charge on any atom is -0.350 e. The fourth-order valence-corrected chi connectivity index (χ4v) is 1.76. The molecule has 0 fully saturated rings. The molecule has 0 saturated carbocycles. The van der Waals surface area contributed by atoms with Crippen LogP contribution in [0.15, 0.2) is 24.3 Å². The van der Waals surface area contributed by atoms with E-state index >= 15 is 0 Å². The number of amides is 1. The third-order valence-electron chi connectivity index (χ3n) is 2.79. The van der Waals surface area contributed by atoms with Gasteiger partial charge >= 0.3 is 0 Å². The van der Waals surface area contributed by atoms with Crippen molar-refractivity contribution in [1.29, 1.82) is 0 Å². The normalized spacial score (nSPS) is 14.0. The van der Waals surface area contributed by atoms with Crippen LogP contribution in [-0.4, -0.2) is 11.9 Å². The van der Waals surface area contributed by atoms with Gasteiger partial charge in [-0.1, -0.05) is 12.1 Å². The van der Waals surface area contributed by atoms with Crippen LogP contribution in [0.3, 0.4) is 0 Å². The molecule has 0 aliphatic heterocycles. The molecule has 18 heavy (non-hydrogen) atoms. The highest BCUT2D eigenvalue weighted by molar-refractivity contribution is 5.76. The van der Waals surface area contributed by atoms with Crippen molar-refractivity contribution in [2.24, 2.45) is 5.73 Å². The fourth-order valence-electron chi connectivity index (χ4n) is 1.76. The van der Waals surface area contributed by atoms with E-state index in [1.165, 1.54) is 12.1 Å². The Labute approximate surface area is 108 Å². The molecule has 3 nitrogen and oxygen atoms in total. The average molecular weight is 252 g/mol. The first-order chi connectivity index (χ1) is 8.49. The maximum Gasteiger partial charge on any atom is 0.220 e. The van der Waals surface area contributed by atoms with Crippen molar-refractivity contribution in [1.82, 2.24) is 5.32 Å². The number of rotatable bonds is 6. The SMILES string of the molecule is CC(N)CCCC(=O)N[C@H](C)c1cccc(F)c1. The van der Waals surface area contributed by atoms with Gasteiger partial charge in [-0.25, -0.2) is 4.39 Å². The van der Waals surface area contributed by atoms with Crippen molar-refractivity contribution in [2.45, 2.75) is 45.2 Å². The van der Waals surface area contributed by atoms with E-state index in [4.69, 9.17) is 5.73 Å². The molecule has 3 N–H and O–H groups in total. The number of nitrogens with two attached hydrogens (primary N) is 1. The summed E-state index contributed by atoms with van der Waals surface area (Å²) >= 11 is 0. The average Bonchev–Trinajstić information content (AvgIpc) is 2.28. The van der Waals surface area contributed by atoms with Crippen LogP contribution < -0.4 is 11.1 Å². The van der Waals surface area contributed by atoms with Crippen molar-refractivity contribution in [2.75, 3.05) is 0 Å². The Balaban J connectivity index is 2.40. The van der Waals surface area contributed by atoms with E-state index in [2.05, 4.69) is 5.32 Å². The monoisotopic (exact) mass is 252 g/mol. The minimum absolute atomic E-state index is 0.0209. The van der Waals surface area contributed by atoms with Gasteiger partial charge < -0.3 is 11.1 Å². The number of carbonyl (C=O) groups is 1. The lowest BCUT2D eigenvalue weighted by atomic mass is 10.1. The lowest BCUT2D eigenvalue weighted by Gasteiger charge is -2.14. The summed E-state index contributed by atoms with van der Waals surface area (Å²) in [5.74, 6) is -0.307. The summed E-state index contributed by atoms with van der Waals surface area (Å²) in [6.45, 7) is 3.77. The molecule has 0 saturated heterocycles. The summed E-state index contributed by atoms with van der Waals surface area (Å²) in [7, 11) is 0. The molecule has 0 aliphatic rings. The number of halogens is 1. The Morgan fingerprint density at radius 1 is 1.44 bits per heavy atom. The second kappa shape index (κ2) is 7.11. The molecule has 4 heteroatoms. The zero-order valence-corrected chi connectivity index (χ0v) is 10.9. The summed E-state index contributed by atoms with van der Waals surface area (Å²) in [6.07, 6.45) is 2.07. The van der Waals surface area contributed by atoms with Gasteiger partial charge in [0.1, 0.15) is 5.82 Å². The molecule has 0 aliphatic carbocycles. The van der Waals surface area contributed by atoms with Gasteiger partial charge in [0.25, 0.3) is 0 Å². The van der Waals surface area contributed by atoms with Crippen LogP contribution in [0.25, 0.3) is 0 Å². The van der Waals surface area contributed by atoms with Crippen LogP contribution >= 0.6 is 0 Å². The van der Waals surface area contributed by atoms with Gasteiger partial charge in [0.2, 0.25) is 5.91 Å². The van der Waals surface area contributed by atoms with Crippen molar-refractivity contribution in [3.8, 4) is 0 Å². The highest BCUT2D eigenvalue weighted by Gasteiger charge is 2.10. The fraction of sp³-hybridized carbons (Fsp3) is 0.500. The van der Waals surface area contributed by atoms with Crippen LogP contribution in [0.1, 0.15) is 44.7 Å². The van der Waals surface area contributed by atoms with Crippen molar-refractivity contribution < 1.29 is 9.18 Å². The van der Waals surface area contributed by atoms with E-state index in [0.717, 1.165) is 18.4 Å². The van der Waals surface area contributed by atoms with Crippen molar-refractivity contribution >= 4 is 5.91 Å². The smallest absolute Gasteiger partial charge is 0.220 e. The molecule has 1 aromatic carbocycles. The molecule has 2 atom stereocenters. The molecule has 1 amide bonds. The Hall–Kier alpha value is -1.42. The molecule has 0 bridgehead atoms. The first kappa shape index (κ1) is 14.6. The first-order valence-corrected chi connectivity index (χ1v) is 6.29. The quantitative estimate of drug-likeness (QED) is 0.817. The maximum atomic E-state index is 13.0. The lowest BCUT2D eigenvalue weighted by molar-refractivity contribution is -0.121. The lowest BCUT2D eigenvalue weighted by Crippen LogP contribution is -2.27. The summed E-state index contributed by atoms with van der Waals surface area (Å²) in [6, 6.07) is 6.22. The molecule has 0 aromatic heterocycles. The van der Waals surface area contributed by atoms with Crippen LogP contribution in [0.5, 0.6) is 0 Å². The molecule has 100 valence electrons. The Morgan fingerprint density at radius 3 is 2.78 bits per heavy atom. The van der Waals surface area contributed by atoms with Gasteiger partial charge in [-0.3, -0.25) is 4.79 Å². The van der Waals surface area contributed by atoms with E-state index in [1.54, 1.807) is 12.1 Å². The zero-order chi connectivity index (χ0) is 13.5. The number of carbonyl (C=O) groups excluding carboxylic acids is 1. The first-order valence-electron chi connectivity index (χ1n) is 6.29. The molecule has 0 radical (unpaired) electrons. The molecular formula is C14H21FN2O. The molecule has 0 spiro atoms. The topological polar surface area (TPSA) is 55.1 Å². The van der Waals surface area contributed by atoms with Gasteiger partial charge in [0.15, 0.2) is 0 Å². The van der Waals surface area contributed by atoms with E-state index in [9.17, 15) is 9.18 Å². The van der Waals surface area contributed by atoms with Gasteiger partial charge in [-0.15, -0.1) is 0 Å². The number of nitrogens with one attached hydrogen (secondary N) is 1. The molecular weight excluding hydrogens is 231 g/mol. The third kappa shape index (κ3) is 5.27. The van der Waals surface area contributed by atoms with E-state index in [-0.39, 0.29) is 23.8 Å². The second-order valence-corrected chi connectivity index (χ2v) is 4.71. The summed E-state index contributed by atoms with van der Waals surface area (Å²) in [4.78, 5) is 11.6. The van der Waals surface area contributed by atoms with E-state index in [0.29, 0.717) is 6.42 Å². The second-order valence-electron chi connectivity index (χ2n) is 4.71. The highest BCUT2D eigenvalue weighted by Crippen LogP contribution is 2.13.